The molecule has 0 saturated heterocycles. The number of halogens is 1. The van der Waals surface area contributed by atoms with E-state index in [9.17, 15) is 13.2 Å². The first-order chi connectivity index (χ1) is 15.4. The SMILES string of the molecule is Cc1cc(C)c(NC(=O)c2scc(C)c2S(=O)(=O)Nc2onc(C)c2Cl)c(CCC(C)C)c1. The number of benzene rings is 1. The molecule has 7 nitrogen and oxygen atoms in total. The third-order valence-corrected chi connectivity index (χ3v) is 8.39. The summed E-state index contributed by atoms with van der Waals surface area (Å²) in [5, 5.41) is 8.34. The van der Waals surface area contributed by atoms with E-state index in [0.717, 1.165) is 46.6 Å². The average molecular weight is 510 g/mol. The molecule has 1 aromatic carbocycles. The Kier molecular flexibility index (Phi) is 7.55. The first kappa shape index (κ1) is 25.3. The molecule has 0 unspecified atom stereocenters. The molecule has 0 spiro atoms. The minimum absolute atomic E-state index is 0.0718. The van der Waals surface area contributed by atoms with E-state index in [1.165, 1.54) is 0 Å². The second-order valence-corrected chi connectivity index (χ2v) is 11.5. The Labute approximate surface area is 203 Å². The second kappa shape index (κ2) is 9.87. The summed E-state index contributed by atoms with van der Waals surface area (Å²) >= 11 is 7.14. The third kappa shape index (κ3) is 5.59. The van der Waals surface area contributed by atoms with E-state index >= 15 is 0 Å². The number of carbonyl (C=O) groups excluding carboxylic acids is 1. The van der Waals surface area contributed by atoms with E-state index in [4.69, 9.17) is 16.1 Å². The summed E-state index contributed by atoms with van der Waals surface area (Å²) in [6.07, 6.45) is 1.79. The number of aromatic nitrogens is 1. The number of anilines is 2. The first-order valence-corrected chi connectivity index (χ1v) is 13.3. The molecule has 0 radical (unpaired) electrons. The van der Waals surface area contributed by atoms with Gasteiger partial charge in [-0.25, -0.2) is 13.1 Å². The standard InChI is InChI=1S/C23H28ClN3O4S2/c1-12(2)7-8-17-10-13(3)9-14(4)19(17)25-22(28)20-21(15(5)11-32-20)33(29,30)27-23-18(24)16(6)26-31-23/h9-12,27H,7-8H2,1-6H3,(H,25,28). The minimum atomic E-state index is -4.14. The Morgan fingerprint density at radius 3 is 2.48 bits per heavy atom. The molecule has 0 fully saturated rings. The lowest BCUT2D eigenvalue weighted by Gasteiger charge is -2.16. The molecule has 10 heteroatoms. The first-order valence-electron chi connectivity index (χ1n) is 10.5. The van der Waals surface area contributed by atoms with Gasteiger partial charge in [-0.2, -0.15) is 0 Å². The summed E-state index contributed by atoms with van der Waals surface area (Å²) in [5.74, 6) is -0.147. The van der Waals surface area contributed by atoms with Crippen LogP contribution in [0.3, 0.4) is 0 Å². The fourth-order valence-electron chi connectivity index (χ4n) is 3.57. The van der Waals surface area contributed by atoms with Crippen molar-refractivity contribution in [3.63, 3.8) is 0 Å². The summed E-state index contributed by atoms with van der Waals surface area (Å²) in [6, 6.07) is 4.07. The second-order valence-electron chi connectivity index (χ2n) is 8.60. The van der Waals surface area contributed by atoms with E-state index < -0.39 is 15.9 Å². The van der Waals surface area contributed by atoms with Crippen LogP contribution in [-0.4, -0.2) is 19.5 Å². The molecule has 0 saturated carbocycles. The van der Waals surface area contributed by atoms with Gasteiger partial charge >= 0.3 is 0 Å². The van der Waals surface area contributed by atoms with Crippen LogP contribution in [0.1, 0.15) is 57.9 Å². The maximum Gasteiger partial charge on any atom is 0.267 e. The molecule has 0 bridgehead atoms. The highest BCUT2D eigenvalue weighted by atomic mass is 35.5. The lowest BCUT2D eigenvalue weighted by Crippen LogP contribution is -2.20. The smallest absolute Gasteiger partial charge is 0.267 e. The van der Waals surface area contributed by atoms with Crippen LogP contribution in [0.15, 0.2) is 26.9 Å². The number of rotatable bonds is 8. The number of aryl methyl sites for hydroxylation is 5. The van der Waals surface area contributed by atoms with Crippen LogP contribution in [-0.2, 0) is 16.4 Å². The Morgan fingerprint density at radius 2 is 1.88 bits per heavy atom. The van der Waals surface area contributed by atoms with E-state index in [-0.39, 0.29) is 20.7 Å². The van der Waals surface area contributed by atoms with Gasteiger partial charge in [0.25, 0.3) is 21.8 Å². The van der Waals surface area contributed by atoms with Gasteiger partial charge in [-0.3, -0.25) is 4.79 Å². The average Bonchev–Trinajstić information content (AvgIpc) is 3.26. The Hall–Kier alpha value is -2.36. The van der Waals surface area contributed by atoms with Gasteiger partial charge in [0, 0.05) is 5.69 Å². The summed E-state index contributed by atoms with van der Waals surface area (Å²) in [4.78, 5) is 13.3. The maximum atomic E-state index is 13.3. The predicted molar refractivity (Wildman–Crippen MR) is 133 cm³/mol. The van der Waals surface area contributed by atoms with Crippen LogP contribution in [0.5, 0.6) is 0 Å². The van der Waals surface area contributed by atoms with E-state index in [1.54, 1.807) is 19.2 Å². The van der Waals surface area contributed by atoms with Gasteiger partial charge in [-0.05, 0) is 68.5 Å². The number of nitrogens with zero attached hydrogens (tertiary/aromatic N) is 1. The largest absolute Gasteiger partial charge is 0.336 e. The van der Waals surface area contributed by atoms with E-state index in [2.05, 4.69) is 35.1 Å². The van der Waals surface area contributed by atoms with Crippen LogP contribution >= 0.6 is 22.9 Å². The Bertz CT molecular complexity index is 1290. The van der Waals surface area contributed by atoms with Crippen molar-refractivity contribution in [3.8, 4) is 0 Å². The Morgan fingerprint density at radius 1 is 1.18 bits per heavy atom. The number of nitrogens with one attached hydrogen (secondary N) is 2. The Balaban J connectivity index is 1.95. The number of amides is 1. The lowest BCUT2D eigenvalue weighted by molar-refractivity contribution is 0.102. The van der Waals surface area contributed by atoms with Crippen molar-refractivity contribution in [2.75, 3.05) is 10.0 Å². The molecule has 33 heavy (non-hydrogen) atoms. The third-order valence-electron chi connectivity index (χ3n) is 5.20. The number of thiophene rings is 1. The van der Waals surface area contributed by atoms with Crippen molar-refractivity contribution in [2.24, 2.45) is 5.92 Å². The fraction of sp³-hybridized carbons (Fsp3) is 0.391. The molecule has 2 N–H and O–H groups in total. The fourth-order valence-corrected chi connectivity index (χ4v) is 6.43. The van der Waals surface area contributed by atoms with Crippen molar-refractivity contribution < 1.29 is 17.7 Å². The number of carbonyl (C=O) groups is 1. The molecule has 3 rings (SSSR count). The molecule has 0 aliphatic heterocycles. The zero-order valence-electron chi connectivity index (χ0n) is 19.5. The summed E-state index contributed by atoms with van der Waals surface area (Å²) in [5.41, 5.74) is 4.62. The van der Waals surface area contributed by atoms with Crippen LogP contribution < -0.4 is 10.0 Å². The monoisotopic (exact) mass is 509 g/mol. The normalized spacial score (nSPS) is 11.8. The van der Waals surface area contributed by atoms with Crippen LogP contribution in [0, 0.1) is 33.6 Å². The molecule has 2 heterocycles. The molecule has 0 aliphatic carbocycles. The molecular weight excluding hydrogens is 482 g/mol. The molecule has 3 aromatic rings. The molecular formula is C23H28ClN3O4S2. The molecule has 0 aliphatic rings. The zero-order valence-corrected chi connectivity index (χ0v) is 21.9. The van der Waals surface area contributed by atoms with Crippen LogP contribution in [0.4, 0.5) is 11.6 Å². The van der Waals surface area contributed by atoms with Gasteiger partial charge in [0.2, 0.25) is 0 Å². The summed E-state index contributed by atoms with van der Waals surface area (Å²) < 4.78 is 33.6. The molecule has 0 atom stereocenters. The summed E-state index contributed by atoms with van der Waals surface area (Å²) in [7, 11) is -4.14. The van der Waals surface area contributed by atoms with Crippen molar-refractivity contribution in [2.45, 2.75) is 59.3 Å². The number of sulfonamides is 1. The lowest BCUT2D eigenvalue weighted by atomic mass is 9.97. The highest BCUT2D eigenvalue weighted by molar-refractivity contribution is 7.93. The van der Waals surface area contributed by atoms with E-state index in [0.29, 0.717) is 17.2 Å². The summed E-state index contributed by atoms with van der Waals surface area (Å²) in [6.45, 7) is 11.5. The van der Waals surface area contributed by atoms with Gasteiger partial charge in [-0.15, -0.1) is 11.3 Å². The topological polar surface area (TPSA) is 101 Å². The highest BCUT2D eigenvalue weighted by Gasteiger charge is 2.29. The zero-order chi connectivity index (χ0) is 24.5. The highest BCUT2D eigenvalue weighted by Crippen LogP contribution is 2.33. The van der Waals surface area contributed by atoms with Gasteiger partial charge < -0.3 is 9.84 Å². The van der Waals surface area contributed by atoms with Crippen LogP contribution in [0.25, 0.3) is 0 Å². The van der Waals surface area contributed by atoms with Crippen molar-refractivity contribution in [1.82, 2.24) is 5.16 Å². The maximum absolute atomic E-state index is 13.3. The molecule has 1 amide bonds. The van der Waals surface area contributed by atoms with Crippen molar-refractivity contribution >= 4 is 50.4 Å². The van der Waals surface area contributed by atoms with Gasteiger partial charge in [0.1, 0.15) is 20.5 Å². The van der Waals surface area contributed by atoms with E-state index in [1.807, 2.05) is 19.9 Å². The number of hydrogen-bond donors (Lipinski definition) is 2. The van der Waals surface area contributed by atoms with Gasteiger partial charge in [0.05, 0.1) is 0 Å². The predicted octanol–water partition coefficient (Wildman–Crippen LogP) is 6.26. The number of hydrogen-bond acceptors (Lipinski definition) is 6. The molecule has 2 aromatic heterocycles. The van der Waals surface area contributed by atoms with Gasteiger partial charge in [-0.1, -0.05) is 48.3 Å². The quantitative estimate of drug-likeness (QED) is 0.373. The van der Waals surface area contributed by atoms with Crippen LogP contribution in [0.2, 0.25) is 5.02 Å². The van der Waals surface area contributed by atoms with Gasteiger partial charge in [0.15, 0.2) is 0 Å². The van der Waals surface area contributed by atoms with Crippen molar-refractivity contribution in [1.29, 1.82) is 0 Å². The molecule has 178 valence electrons. The minimum Gasteiger partial charge on any atom is -0.336 e. The van der Waals surface area contributed by atoms with Crippen molar-refractivity contribution in [3.05, 3.63) is 55.4 Å².